The Kier molecular flexibility index (Phi) is 6.06. The van der Waals surface area contributed by atoms with Crippen LogP contribution in [0.5, 0.6) is 5.75 Å². The van der Waals surface area contributed by atoms with E-state index in [1.165, 1.54) is 25.3 Å². The van der Waals surface area contributed by atoms with E-state index in [-0.39, 0.29) is 23.4 Å². The van der Waals surface area contributed by atoms with Gasteiger partial charge in [0.15, 0.2) is 11.6 Å². The lowest BCUT2D eigenvalue weighted by Crippen LogP contribution is -2.46. The zero-order chi connectivity index (χ0) is 21.1. The van der Waals surface area contributed by atoms with Gasteiger partial charge >= 0.3 is 0 Å². The zero-order valence-corrected chi connectivity index (χ0v) is 17.0. The van der Waals surface area contributed by atoms with Crippen molar-refractivity contribution in [2.45, 2.75) is 19.5 Å². The molecule has 0 aliphatic carbocycles. The van der Waals surface area contributed by atoms with Crippen molar-refractivity contribution < 1.29 is 17.9 Å². The fourth-order valence-corrected chi connectivity index (χ4v) is 3.64. The van der Waals surface area contributed by atoms with Gasteiger partial charge in [-0.2, -0.15) is 0 Å². The van der Waals surface area contributed by atoms with Gasteiger partial charge in [-0.25, -0.2) is 8.78 Å². The summed E-state index contributed by atoms with van der Waals surface area (Å²) in [6, 6.07) is 11.1. The van der Waals surface area contributed by atoms with Crippen molar-refractivity contribution >= 4 is 0 Å². The first kappa shape index (κ1) is 20.4. The summed E-state index contributed by atoms with van der Waals surface area (Å²) in [5.41, 5.74) is 1.62. The van der Waals surface area contributed by atoms with E-state index in [1.807, 2.05) is 13.0 Å². The number of ether oxygens (including phenoxy) is 1. The molecule has 8 heteroatoms. The lowest BCUT2D eigenvalue weighted by atomic mass is 10.1. The minimum absolute atomic E-state index is 0.0210. The van der Waals surface area contributed by atoms with E-state index in [0.717, 1.165) is 31.7 Å². The summed E-state index contributed by atoms with van der Waals surface area (Å²) in [4.78, 5) is 4.58. The summed E-state index contributed by atoms with van der Waals surface area (Å²) >= 11 is 0. The maximum absolute atomic E-state index is 13.9. The largest absolute Gasteiger partial charge is 0.494 e. The highest BCUT2D eigenvalue weighted by molar-refractivity contribution is 5.52. The molecule has 1 aliphatic heterocycles. The molecule has 1 aliphatic rings. The monoisotopic (exact) mass is 414 g/mol. The molecule has 158 valence electrons. The summed E-state index contributed by atoms with van der Waals surface area (Å²) in [7, 11) is 1.46. The number of halogens is 2. The molecular weight excluding hydrogens is 390 g/mol. The molecule has 1 atom stereocenters. The number of piperazine rings is 1. The van der Waals surface area contributed by atoms with E-state index < -0.39 is 0 Å². The van der Waals surface area contributed by atoms with Gasteiger partial charge in [-0.05, 0) is 48.9 Å². The predicted molar refractivity (Wildman–Crippen MR) is 108 cm³/mol. The first-order chi connectivity index (χ1) is 14.5. The van der Waals surface area contributed by atoms with E-state index in [1.54, 1.807) is 18.2 Å². The van der Waals surface area contributed by atoms with Crippen LogP contribution in [0.1, 0.15) is 24.4 Å². The Morgan fingerprint density at radius 3 is 2.43 bits per heavy atom. The Hall–Kier alpha value is -2.84. The lowest BCUT2D eigenvalue weighted by molar-refractivity contribution is 0.0875. The van der Waals surface area contributed by atoms with Crippen LogP contribution >= 0.6 is 0 Å². The summed E-state index contributed by atoms with van der Waals surface area (Å²) in [6.07, 6.45) is 0. The van der Waals surface area contributed by atoms with E-state index in [4.69, 9.17) is 9.15 Å². The third-order valence-corrected chi connectivity index (χ3v) is 5.47. The molecule has 3 aromatic rings. The first-order valence-corrected chi connectivity index (χ1v) is 9.91. The van der Waals surface area contributed by atoms with Gasteiger partial charge in [0, 0.05) is 38.3 Å². The van der Waals surface area contributed by atoms with Crippen LogP contribution in [0.25, 0.3) is 11.5 Å². The molecule has 0 spiro atoms. The van der Waals surface area contributed by atoms with Gasteiger partial charge in [0.05, 0.1) is 13.2 Å². The number of hydrogen-bond donors (Lipinski definition) is 0. The number of aromatic nitrogens is 2. The average molecular weight is 414 g/mol. The number of rotatable bonds is 6. The Morgan fingerprint density at radius 1 is 1.03 bits per heavy atom. The molecule has 30 heavy (non-hydrogen) atoms. The van der Waals surface area contributed by atoms with Gasteiger partial charge in [0.25, 0.3) is 0 Å². The normalized spacial score (nSPS) is 16.5. The molecule has 1 aromatic heterocycles. The molecule has 4 rings (SSSR count). The second kappa shape index (κ2) is 8.89. The molecule has 0 radical (unpaired) electrons. The van der Waals surface area contributed by atoms with Crippen LogP contribution in [0.2, 0.25) is 0 Å². The highest BCUT2D eigenvalue weighted by Gasteiger charge is 2.26. The first-order valence-electron chi connectivity index (χ1n) is 9.91. The average Bonchev–Trinajstić information content (AvgIpc) is 3.25. The van der Waals surface area contributed by atoms with Gasteiger partial charge in [0.1, 0.15) is 5.82 Å². The van der Waals surface area contributed by atoms with E-state index in [0.29, 0.717) is 23.9 Å². The predicted octanol–water partition coefficient (Wildman–Crippen LogP) is 3.90. The quantitative estimate of drug-likeness (QED) is 0.610. The second-order valence-corrected chi connectivity index (χ2v) is 7.41. The Labute approximate surface area is 174 Å². The number of methoxy groups -OCH3 is 1. The van der Waals surface area contributed by atoms with Gasteiger partial charge in [-0.15, -0.1) is 10.2 Å². The fraction of sp³-hybridized carbons (Fsp3) is 0.364. The molecule has 0 saturated carbocycles. The topological polar surface area (TPSA) is 54.6 Å². The molecule has 1 fully saturated rings. The Morgan fingerprint density at radius 2 is 1.77 bits per heavy atom. The molecule has 1 unspecified atom stereocenters. The van der Waals surface area contributed by atoms with Crippen molar-refractivity contribution in [2.24, 2.45) is 0 Å². The van der Waals surface area contributed by atoms with Crippen molar-refractivity contribution in [1.82, 2.24) is 20.0 Å². The van der Waals surface area contributed by atoms with Crippen LogP contribution in [0.4, 0.5) is 8.78 Å². The van der Waals surface area contributed by atoms with Crippen LogP contribution in [0.3, 0.4) is 0 Å². The zero-order valence-electron chi connectivity index (χ0n) is 17.0. The lowest BCUT2D eigenvalue weighted by Gasteiger charge is -2.36. The van der Waals surface area contributed by atoms with Crippen molar-refractivity contribution in [3.05, 3.63) is 65.6 Å². The summed E-state index contributed by atoms with van der Waals surface area (Å²) in [5.74, 6) is 0.548. The van der Waals surface area contributed by atoms with Crippen LogP contribution in [0, 0.1) is 11.6 Å². The smallest absolute Gasteiger partial charge is 0.247 e. The third kappa shape index (κ3) is 4.49. The van der Waals surface area contributed by atoms with Crippen LogP contribution in [0.15, 0.2) is 46.9 Å². The highest BCUT2D eigenvalue weighted by atomic mass is 19.1. The standard InChI is InChI=1S/C22H24F2N4O2/c1-15(21-25-26-22(30-21)17-4-6-18(23)7-5-17)28-11-9-27(10-12-28)14-16-3-8-20(29-2)19(24)13-16/h3-8,13,15H,9-12,14H2,1-2H3. The maximum atomic E-state index is 13.9. The third-order valence-electron chi connectivity index (χ3n) is 5.47. The summed E-state index contributed by atoms with van der Waals surface area (Å²) in [6.45, 7) is 6.13. The minimum Gasteiger partial charge on any atom is -0.494 e. The van der Waals surface area contributed by atoms with Crippen LogP contribution < -0.4 is 4.74 Å². The molecule has 6 nitrogen and oxygen atoms in total. The second-order valence-electron chi connectivity index (χ2n) is 7.41. The maximum Gasteiger partial charge on any atom is 0.247 e. The molecule has 1 saturated heterocycles. The number of nitrogens with zero attached hydrogens (tertiary/aromatic N) is 4. The highest BCUT2D eigenvalue weighted by Crippen LogP contribution is 2.25. The van der Waals surface area contributed by atoms with Crippen molar-refractivity contribution in [3.8, 4) is 17.2 Å². The van der Waals surface area contributed by atoms with Crippen molar-refractivity contribution in [1.29, 1.82) is 0 Å². The Balaban J connectivity index is 1.34. The Bertz CT molecular complexity index is 985. The molecule has 0 N–H and O–H groups in total. The molecule has 2 aromatic carbocycles. The fourth-order valence-electron chi connectivity index (χ4n) is 3.64. The van der Waals surface area contributed by atoms with Gasteiger partial charge < -0.3 is 9.15 Å². The van der Waals surface area contributed by atoms with Crippen LogP contribution in [-0.2, 0) is 6.54 Å². The van der Waals surface area contributed by atoms with E-state index >= 15 is 0 Å². The van der Waals surface area contributed by atoms with Crippen molar-refractivity contribution in [3.63, 3.8) is 0 Å². The molecule has 2 heterocycles. The minimum atomic E-state index is -0.337. The molecule has 0 amide bonds. The molecular formula is C22H24F2N4O2. The van der Waals surface area contributed by atoms with Gasteiger partial charge in [-0.3, -0.25) is 9.80 Å². The van der Waals surface area contributed by atoms with Crippen LogP contribution in [-0.4, -0.2) is 53.3 Å². The van der Waals surface area contributed by atoms with E-state index in [2.05, 4.69) is 20.0 Å². The number of benzene rings is 2. The summed E-state index contributed by atoms with van der Waals surface area (Å²) < 4.78 is 37.8. The molecule has 0 bridgehead atoms. The van der Waals surface area contributed by atoms with Crippen molar-refractivity contribution in [2.75, 3.05) is 33.3 Å². The van der Waals surface area contributed by atoms with E-state index in [9.17, 15) is 8.78 Å². The van der Waals surface area contributed by atoms with Gasteiger partial charge in [0.2, 0.25) is 11.8 Å². The number of hydrogen-bond acceptors (Lipinski definition) is 6. The SMILES string of the molecule is COc1ccc(CN2CCN(C(C)c3nnc(-c4ccc(F)cc4)o3)CC2)cc1F. The van der Waals surface area contributed by atoms with Gasteiger partial charge in [-0.1, -0.05) is 6.07 Å². The summed E-state index contributed by atoms with van der Waals surface area (Å²) in [5, 5.41) is 8.29.